The molecular formula is C37H29N5O2. The van der Waals surface area contributed by atoms with E-state index in [1.54, 1.807) is 12.3 Å². The van der Waals surface area contributed by atoms with Gasteiger partial charge in [-0.05, 0) is 65.6 Å². The fraction of sp³-hybridized carbons (Fsp3) is 0.108. The van der Waals surface area contributed by atoms with Gasteiger partial charge in [0.05, 0.1) is 21.9 Å². The summed E-state index contributed by atoms with van der Waals surface area (Å²) in [5, 5.41) is 13.7. The summed E-state index contributed by atoms with van der Waals surface area (Å²) in [6.45, 7) is 6.63. The van der Waals surface area contributed by atoms with Gasteiger partial charge in [-0.2, -0.15) is 0 Å². The summed E-state index contributed by atoms with van der Waals surface area (Å²) in [5.41, 5.74) is 6.28. The van der Waals surface area contributed by atoms with Crippen LogP contribution < -0.4 is 4.74 Å². The number of para-hydroxylation sites is 2. The molecule has 0 saturated carbocycles. The van der Waals surface area contributed by atoms with E-state index in [4.69, 9.17) is 14.7 Å². The lowest BCUT2D eigenvalue weighted by Gasteiger charge is -2.20. The maximum atomic E-state index is 10.9. The van der Waals surface area contributed by atoms with E-state index < -0.39 is 0 Å². The number of fused-ring (bicyclic) bond motifs is 6. The Morgan fingerprint density at radius 3 is 2.30 bits per heavy atom. The van der Waals surface area contributed by atoms with Gasteiger partial charge >= 0.3 is 0 Å². The third kappa shape index (κ3) is 4.08. The number of aromatic nitrogens is 5. The van der Waals surface area contributed by atoms with Gasteiger partial charge in [0.2, 0.25) is 5.88 Å². The summed E-state index contributed by atoms with van der Waals surface area (Å²) >= 11 is 0. The molecule has 8 aromatic rings. The molecule has 0 amide bonds. The van der Waals surface area contributed by atoms with Crippen LogP contribution >= 0.6 is 0 Å². The molecule has 44 heavy (non-hydrogen) atoms. The first kappa shape index (κ1) is 26.0. The molecule has 0 radical (unpaired) electrons. The Balaban J connectivity index is 1.28. The summed E-state index contributed by atoms with van der Waals surface area (Å²) in [6.07, 6.45) is 3.49. The molecule has 0 unspecified atom stereocenters. The van der Waals surface area contributed by atoms with Crippen LogP contribution in [-0.2, 0) is 5.41 Å². The van der Waals surface area contributed by atoms with Gasteiger partial charge in [0, 0.05) is 41.0 Å². The van der Waals surface area contributed by atoms with Crippen LogP contribution in [0.4, 0.5) is 0 Å². The summed E-state index contributed by atoms with van der Waals surface area (Å²) in [4.78, 5) is 14.3. The molecule has 8 rings (SSSR count). The number of aromatic hydroxyl groups is 1. The number of benzene rings is 3. The molecule has 0 saturated heterocycles. The standard InChI is InChI=1S/C37H29N5O2/c1-37(2,3)23-17-19-38-32(21-23)42-28-12-8-7-11-26(28)27-14-13-25(22-30(27)42)44-33-16-15-29-35(40-33)34-31(43)18-20-39-36(34)41(29)24-9-5-4-6-10-24/h4-22H,1-3H3,(H,39,43). The highest BCUT2D eigenvalue weighted by molar-refractivity contribution is 6.10. The maximum Gasteiger partial charge on any atom is 0.219 e. The van der Waals surface area contributed by atoms with Crippen molar-refractivity contribution in [1.82, 2.24) is 24.1 Å². The van der Waals surface area contributed by atoms with E-state index in [0.717, 1.165) is 38.8 Å². The molecule has 7 heteroatoms. The highest BCUT2D eigenvalue weighted by Crippen LogP contribution is 2.38. The van der Waals surface area contributed by atoms with E-state index in [1.165, 1.54) is 5.56 Å². The zero-order chi connectivity index (χ0) is 30.0. The fourth-order valence-electron chi connectivity index (χ4n) is 6.03. The molecule has 214 valence electrons. The zero-order valence-corrected chi connectivity index (χ0v) is 24.6. The molecule has 0 fully saturated rings. The third-order valence-corrected chi connectivity index (χ3v) is 8.17. The molecule has 3 aromatic carbocycles. The van der Waals surface area contributed by atoms with Crippen LogP contribution in [0.2, 0.25) is 0 Å². The van der Waals surface area contributed by atoms with Crippen LogP contribution in [0.5, 0.6) is 17.4 Å². The number of nitrogens with zero attached hydrogens (tertiary/aromatic N) is 5. The topological polar surface area (TPSA) is 78.0 Å². The average Bonchev–Trinajstić information content (AvgIpc) is 3.54. The van der Waals surface area contributed by atoms with Gasteiger partial charge in [0.25, 0.3) is 0 Å². The molecule has 1 N–H and O–H groups in total. The van der Waals surface area contributed by atoms with E-state index in [2.05, 4.69) is 72.8 Å². The molecular weight excluding hydrogens is 546 g/mol. The molecule has 0 aliphatic rings. The monoisotopic (exact) mass is 575 g/mol. The largest absolute Gasteiger partial charge is 0.507 e. The van der Waals surface area contributed by atoms with Crippen LogP contribution in [0.25, 0.3) is 55.4 Å². The first-order valence-electron chi connectivity index (χ1n) is 14.6. The first-order chi connectivity index (χ1) is 21.4. The predicted octanol–water partition coefficient (Wildman–Crippen LogP) is 8.86. The lowest BCUT2D eigenvalue weighted by molar-refractivity contribution is 0.465. The van der Waals surface area contributed by atoms with E-state index in [9.17, 15) is 5.11 Å². The second kappa shape index (κ2) is 9.67. The summed E-state index contributed by atoms with van der Waals surface area (Å²) in [5.74, 6) is 2.05. The minimum Gasteiger partial charge on any atom is -0.507 e. The Bertz CT molecular complexity index is 2360. The van der Waals surface area contributed by atoms with Crippen molar-refractivity contribution in [2.75, 3.05) is 0 Å². The normalized spacial score (nSPS) is 12.1. The molecule has 0 atom stereocenters. The van der Waals surface area contributed by atoms with Crippen LogP contribution in [0.15, 0.2) is 116 Å². The van der Waals surface area contributed by atoms with Gasteiger partial charge in [-0.1, -0.05) is 57.2 Å². The minimum atomic E-state index is -0.0113. The number of hydrogen-bond donors (Lipinski definition) is 1. The van der Waals surface area contributed by atoms with Gasteiger partial charge in [-0.3, -0.25) is 9.13 Å². The van der Waals surface area contributed by atoms with E-state index >= 15 is 0 Å². The summed E-state index contributed by atoms with van der Waals surface area (Å²) in [7, 11) is 0. The van der Waals surface area contributed by atoms with Crippen molar-refractivity contribution in [2.24, 2.45) is 0 Å². The van der Waals surface area contributed by atoms with Crippen LogP contribution in [-0.4, -0.2) is 29.2 Å². The Hall–Kier alpha value is -5.69. The zero-order valence-electron chi connectivity index (χ0n) is 24.6. The molecule has 0 bridgehead atoms. The van der Waals surface area contributed by atoms with E-state index in [0.29, 0.717) is 28.2 Å². The van der Waals surface area contributed by atoms with Gasteiger partial charge in [0.15, 0.2) is 5.65 Å². The van der Waals surface area contributed by atoms with Crippen molar-refractivity contribution in [1.29, 1.82) is 0 Å². The smallest absolute Gasteiger partial charge is 0.219 e. The van der Waals surface area contributed by atoms with Crippen molar-refractivity contribution < 1.29 is 9.84 Å². The lowest BCUT2D eigenvalue weighted by atomic mass is 9.88. The fourth-order valence-corrected chi connectivity index (χ4v) is 6.03. The second-order valence-electron chi connectivity index (χ2n) is 12.0. The molecule has 5 heterocycles. The Morgan fingerprint density at radius 2 is 1.45 bits per heavy atom. The predicted molar refractivity (Wildman–Crippen MR) is 175 cm³/mol. The average molecular weight is 576 g/mol. The third-order valence-electron chi connectivity index (χ3n) is 8.17. The number of hydrogen-bond acceptors (Lipinski definition) is 5. The Morgan fingerprint density at radius 1 is 0.682 bits per heavy atom. The van der Waals surface area contributed by atoms with Gasteiger partial charge < -0.3 is 9.84 Å². The van der Waals surface area contributed by atoms with Gasteiger partial charge in [-0.25, -0.2) is 15.0 Å². The Labute approximate surface area is 253 Å². The molecule has 7 nitrogen and oxygen atoms in total. The van der Waals surface area contributed by atoms with Crippen molar-refractivity contribution in [3.05, 3.63) is 121 Å². The van der Waals surface area contributed by atoms with Crippen LogP contribution in [0.3, 0.4) is 0 Å². The maximum absolute atomic E-state index is 10.9. The lowest BCUT2D eigenvalue weighted by Crippen LogP contribution is -2.12. The second-order valence-corrected chi connectivity index (χ2v) is 12.0. The first-order valence-corrected chi connectivity index (χ1v) is 14.6. The van der Waals surface area contributed by atoms with Crippen LogP contribution in [0.1, 0.15) is 26.3 Å². The molecule has 0 aliphatic heterocycles. The van der Waals surface area contributed by atoms with Gasteiger partial charge in [0.1, 0.15) is 22.8 Å². The van der Waals surface area contributed by atoms with Crippen molar-refractivity contribution in [3.8, 4) is 28.9 Å². The molecule has 0 aliphatic carbocycles. The summed E-state index contributed by atoms with van der Waals surface area (Å²) < 4.78 is 10.6. The highest BCUT2D eigenvalue weighted by atomic mass is 16.5. The van der Waals surface area contributed by atoms with Crippen LogP contribution in [0, 0.1) is 0 Å². The van der Waals surface area contributed by atoms with Crippen molar-refractivity contribution in [3.63, 3.8) is 0 Å². The minimum absolute atomic E-state index is 0.0113. The van der Waals surface area contributed by atoms with Gasteiger partial charge in [-0.15, -0.1) is 0 Å². The van der Waals surface area contributed by atoms with E-state index in [1.807, 2.05) is 65.4 Å². The SMILES string of the molecule is CC(C)(C)c1ccnc(-n2c3ccccc3c3ccc(Oc4ccc5c(n4)c4c(O)ccnc4n5-c4ccccc4)cc32)c1. The molecule has 5 aromatic heterocycles. The number of pyridine rings is 3. The van der Waals surface area contributed by atoms with Crippen molar-refractivity contribution >= 4 is 43.9 Å². The van der Waals surface area contributed by atoms with E-state index in [-0.39, 0.29) is 11.2 Å². The number of ether oxygens (including phenoxy) is 1. The quantitative estimate of drug-likeness (QED) is 0.227. The highest BCUT2D eigenvalue weighted by Gasteiger charge is 2.20. The molecule has 0 spiro atoms. The summed E-state index contributed by atoms with van der Waals surface area (Å²) in [6, 6.07) is 34.1. The van der Waals surface area contributed by atoms with Crippen molar-refractivity contribution in [2.45, 2.75) is 26.2 Å². The number of rotatable bonds is 4. The Kier molecular flexibility index (Phi) is 5.71.